The molecule has 0 radical (unpaired) electrons. The van der Waals surface area contributed by atoms with Gasteiger partial charge in [-0.3, -0.25) is 14.9 Å². The number of H-pyrrole nitrogens is 1. The Bertz CT molecular complexity index is 1560. The molecule has 0 aliphatic carbocycles. The van der Waals surface area contributed by atoms with E-state index < -0.39 is 12.8 Å². The molecule has 0 aromatic carbocycles. The standard InChI is InChI=1S/C26H25FN8O3/c27-6-12-38-18-13-19(23-20-15-30-31-25(20)32-35(23)16-18)17-4-5-22(29-14-17)33-8-10-34(11-9-33)26(37)24(36)21-3-1-2-7-28-21/h1-5,7,13-16,24,36H,6,8-12H2,(H,31,32)/t24-/m1/s1. The molecular weight excluding hydrogens is 491 g/mol. The molecule has 6 rings (SSSR count). The molecule has 0 unspecified atom stereocenters. The number of ether oxygens (including phenoxy) is 1. The molecule has 12 heteroatoms. The van der Waals surface area contributed by atoms with Gasteiger partial charge in [-0.25, -0.2) is 13.9 Å². The second-order valence-electron chi connectivity index (χ2n) is 8.93. The number of aromatic amines is 1. The number of hydrogen-bond acceptors (Lipinski definition) is 8. The highest BCUT2D eigenvalue weighted by Crippen LogP contribution is 2.33. The zero-order valence-electron chi connectivity index (χ0n) is 20.4. The molecule has 2 N–H and O–H groups in total. The minimum absolute atomic E-state index is 0.0454. The summed E-state index contributed by atoms with van der Waals surface area (Å²) < 4.78 is 20.0. The molecule has 0 saturated carbocycles. The monoisotopic (exact) mass is 516 g/mol. The zero-order valence-corrected chi connectivity index (χ0v) is 20.4. The number of fused-ring (bicyclic) bond motifs is 3. The number of alkyl halides is 1. The van der Waals surface area contributed by atoms with Crippen LogP contribution in [0.3, 0.4) is 0 Å². The number of aliphatic hydroxyl groups is 1. The van der Waals surface area contributed by atoms with Gasteiger partial charge in [-0.1, -0.05) is 6.07 Å². The van der Waals surface area contributed by atoms with Gasteiger partial charge in [0.1, 0.15) is 24.8 Å². The van der Waals surface area contributed by atoms with Crippen molar-refractivity contribution in [3.63, 3.8) is 0 Å². The number of halogens is 1. The van der Waals surface area contributed by atoms with Crippen molar-refractivity contribution in [1.82, 2.24) is 34.7 Å². The van der Waals surface area contributed by atoms with Crippen LogP contribution in [0.15, 0.2) is 61.2 Å². The van der Waals surface area contributed by atoms with E-state index in [0.29, 0.717) is 43.3 Å². The van der Waals surface area contributed by atoms with Crippen molar-refractivity contribution in [3.8, 4) is 16.9 Å². The van der Waals surface area contributed by atoms with Gasteiger partial charge in [0, 0.05) is 49.7 Å². The summed E-state index contributed by atoms with van der Waals surface area (Å²) in [6.07, 6.45) is 5.51. The van der Waals surface area contributed by atoms with E-state index in [9.17, 15) is 14.3 Å². The van der Waals surface area contributed by atoms with Crippen LogP contribution < -0.4 is 9.64 Å². The molecule has 1 amide bonds. The summed E-state index contributed by atoms with van der Waals surface area (Å²) in [6.45, 7) is 1.47. The van der Waals surface area contributed by atoms with Crippen molar-refractivity contribution in [2.45, 2.75) is 6.10 Å². The number of piperazine rings is 1. The van der Waals surface area contributed by atoms with Crippen molar-refractivity contribution < 1.29 is 19.0 Å². The molecule has 0 spiro atoms. The van der Waals surface area contributed by atoms with Crippen molar-refractivity contribution in [1.29, 1.82) is 0 Å². The van der Waals surface area contributed by atoms with Gasteiger partial charge in [-0.2, -0.15) is 5.10 Å². The van der Waals surface area contributed by atoms with E-state index >= 15 is 0 Å². The minimum Gasteiger partial charge on any atom is -0.489 e. The normalized spacial score (nSPS) is 14.8. The lowest BCUT2D eigenvalue weighted by Crippen LogP contribution is -2.50. The second kappa shape index (κ2) is 10.1. The summed E-state index contributed by atoms with van der Waals surface area (Å²) in [7, 11) is 0. The third-order valence-corrected chi connectivity index (χ3v) is 6.62. The van der Waals surface area contributed by atoms with Crippen molar-refractivity contribution in [3.05, 3.63) is 66.9 Å². The number of carbonyl (C=O) groups excluding carboxylic acids is 1. The molecule has 1 atom stereocenters. The van der Waals surface area contributed by atoms with Crippen LogP contribution in [0.5, 0.6) is 5.75 Å². The third-order valence-electron chi connectivity index (χ3n) is 6.62. The molecule has 11 nitrogen and oxygen atoms in total. The molecule has 5 aromatic heterocycles. The Morgan fingerprint density at radius 2 is 2.00 bits per heavy atom. The molecule has 1 aliphatic rings. The van der Waals surface area contributed by atoms with Gasteiger partial charge in [0.15, 0.2) is 11.8 Å². The molecular formula is C26H25FN8O3. The first-order chi connectivity index (χ1) is 18.6. The minimum atomic E-state index is -1.27. The van der Waals surface area contributed by atoms with E-state index in [0.717, 1.165) is 27.8 Å². The quantitative estimate of drug-likeness (QED) is 0.338. The second-order valence-corrected chi connectivity index (χ2v) is 8.93. The molecule has 1 aliphatic heterocycles. The number of anilines is 1. The number of pyridine rings is 3. The van der Waals surface area contributed by atoms with Crippen LogP contribution in [0.25, 0.3) is 27.7 Å². The first kappa shape index (κ1) is 23.8. The Morgan fingerprint density at radius 3 is 2.74 bits per heavy atom. The zero-order chi connectivity index (χ0) is 26.1. The van der Waals surface area contributed by atoms with E-state index in [4.69, 9.17) is 9.72 Å². The Balaban J connectivity index is 1.20. The maximum Gasteiger partial charge on any atom is 0.257 e. The van der Waals surface area contributed by atoms with Crippen molar-refractivity contribution in [2.24, 2.45) is 0 Å². The predicted molar refractivity (Wildman–Crippen MR) is 138 cm³/mol. The van der Waals surface area contributed by atoms with Crippen LogP contribution in [0.1, 0.15) is 11.8 Å². The summed E-state index contributed by atoms with van der Waals surface area (Å²) in [5, 5.41) is 22.8. The van der Waals surface area contributed by atoms with Gasteiger partial charge in [0.2, 0.25) is 0 Å². The van der Waals surface area contributed by atoms with Gasteiger partial charge < -0.3 is 19.6 Å². The van der Waals surface area contributed by atoms with Crippen LogP contribution >= 0.6 is 0 Å². The van der Waals surface area contributed by atoms with Gasteiger partial charge in [0.05, 0.1) is 29.0 Å². The summed E-state index contributed by atoms with van der Waals surface area (Å²) in [4.78, 5) is 25.3. The van der Waals surface area contributed by atoms with Crippen molar-refractivity contribution in [2.75, 3.05) is 44.4 Å². The highest BCUT2D eigenvalue weighted by Gasteiger charge is 2.28. The number of aromatic nitrogens is 6. The largest absolute Gasteiger partial charge is 0.489 e. The van der Waals surface area contributed by atoms with Gasteiger partial charge in [-0.05, 0) is 30.3 Å². The number of amides is 1. The number of hydrogen-bond donors (Lipinski definition) is 2. The lowest BCUT2D eigenvalue weighted by Gasteiger charge is -2.36. The molecule has 194 valence electrons. The van der Waals surface area contributed by atoms with Crippen LogP contribution in [0.4, 0.5) is 10.2 Å². The predicted octanol–water partition coefficient (Wildman–Crippen LogP) is 2.40. The Kier molecular flexibility index (Phi) is 6.30. The van der Waals surface area contributed by atoms with Crippen LogP contribution in [0, 0.1) is 0 Å². The lowest BCUT2D eigenvalue weighted by atomic mass is 10.1. The average molecular weight is 517 g/mol. The maximum atomic E-state index is 12.8. The SMILES string of the molecule is O=C([C@H](O)c1ccccn1)N1CCN(c2ccc(-c3cc(OCCF)cn4nc5[nH]ncc5c34)cn2)CC1. The molecule has 0 bridgehead atoms. The Hall–Kier alpha value is -4.58. The number of aliphatic hydroxyl groups excluding tert-OH is 1. The van der Waals surface area contributed by atoms with E-state index in [1.807, 2.05) is 18.2 Å². The number of nitrogens with one attached hydrogen (secondary N) is 1. The number of carbonyl (C=O) groups is 1. The van der Waals surface area contributed by atoms with Gasteiger partial charge in [-0.15, -0.1) is 5.10 Å². The highest BCUT2D eigenvalue weighted by molar-refractivity contribution is 6.00. The van der Waals surface area contributed by atoms with Gasteiger partial charge in [0.25, 0.3) is 5.91 Å². The summed E-state index contributed by atoms with van der Waals surface area (Å²) in [5.74, 6) is 0.937. The number of rotatable bonds is 7. The van der Waals surface area contributed by atoms with E-state index in [1.165, 1.54) is 0 Å². The topological polar surface area (TPSA) is 125 Å². The Morgan fingerprint density at radius 1 is 1.13 bits per heavy atom. The number of nitrogens with zero attached hydrogens (tertiary/aromatic N) is 7. The summed E-state index contributed by atoms with van der Waals surface area (Å²) in [5.41, 5.74) is 3.51. The molecule has 5 aromatic rings. The Labute approximate surface area is 216 Å². The summed E-state index contributed by atoms with van der Waals surface area (Å²) >= 11 is 0. The van der Waals surface area contributed by atoms with Crippen LogP contribution in [-0.2, 0) is 4.79 Å². The fourth-order valence-electron chi connectivity index (χ4n) is 4.72. The first-order valence-electron chi connectivity index (χ1n) is 12.3. The van der Waals surface area contributed by atoms with Gasteiger partial charge >= 0.3 is 0 Å². The maximum absolute atomic E-state index is 12.8. The average Bonchev–Trinajstić information content (AvgIpc) is 3.57. The molecule has 1 fully saturated rings. The van der Waals surface area contributed by atoms with E-state index in [2.05, 4.69) is 25.2 Å². The molecule has 1 saturated heterocycles. The fraction of sp³-hybridized carbons (Fsp3) is 0.269. The van der Waals surface area contributed by atoms with Crippen LogP contribution in [0.2, 0.25) is 0 Å². The van der Waals surface area contributed by atoms with E-state index in [-0.39, 0.29) is 12.5 Å². The first-order valence-corrected chi connectivity index (χ1v) is 12.3. The smallest absolute Gasteiger partial charge is 0.257 e. The third kappa shape index (κ3) is 4.39. The molecule has 6 heterocycles. The summed E-state index contributed by atoms with van der Waals surface area (Å²) in [6, 6.07) is 10.9. The lowest BCUT2D eigenvalue weighted by molar-refractivity contribution is -0.141. The van der Waals surface area contributed by atoms with Crippen molar-refractivity contribution >= 4 is 28.3 Å². The van der Waals surface area contributed by atoms with Crippen LogP contribution in [-0.4, -0.2) is 85.2 Å². The molecule has 38 heavy (non-hydrogen) atoms. The highest BCUT2D eigenvalue weighted by atomic mass is 19.1. The van der Waals surface area contributed by atoms with E-state index in [1.54, 1.807) is 52.4 Å². The fourth-order valence-corrected chi connectivity index (χ4v) is 4.72.